The normalized spacial score (nSPS) is 14.0. The summed E-state index contributed by atoms with van der Waals surface area (Å²) in [5, 5.41) is 5.76. The molecule has 2 amide bonds. The molecule has 0 fully saturated rings. The van der Waals surface area contributed by atoms with Gasteiger partial charge < -0.3 is 20.1 Å². The average Bonchev–Trinajstić information content (AvgIpc) is 2.72. The van der Waals surface area contributed by atoms with E-state index in [1.807, 2.05) is 49.4 Å². The van der Waals surface area contributed by atoms with Gasteiger partial charge >= 0.3 is 0 Å². The Balaban J connectivity index is 1.46. The van der Waals surface area contributed by atoms with Crippen LogP contribution in [0.25, 0.3) is 0 Å². The Morgan fingerprint density at radius 2 is 1.67 bits per heavy atom. The number of rotatable bonds is 6. The zero-order chi connectivity index (χ0) is 21.7. The number of benzene rings is 2. The average molecular weight is 411 g/mol. The van der Waals surface area contributed by atoms with Crippen LogP contribution in [-0.4, -0.2) is 31.6 Å². The van der Waals surface area contributed by atoms with Crippen molar-refractivity contribution in [2.75, 3.05) is 19.8 Å². The van der Waals surface area contributed by atoms with Gasteiger partial charge in [-0.15, -0.1) is 0 Å². The topological polar surface area (TPSA) is 76.7 Å². The summed E-state index contributed by atoms with van der Waals surface area (Å²) in [5.74, 6) is 1.12. The molecule has 0 spiro atoms. The molecule has 0 aliphatic carbocycles. The van der Waals surface area contributed by atoms with Gasteiger partial charge in [0.15, 0.2) is 11.5 Å². The molecule has 1 heterocycles. The summed E-state index contributed by atoms with van der Waals surface area (Å²) in [6.07, 6.45) is 0.209. The van der Waals surface area contributed by atoms with Crippen molar-refractivity contribution < 1.29 is 19.1 Å². The van der Waals surface area contributed by atoms with Crippen LogP contribution in [-0.2, 0) is 10.2 Å². The minimum atomic E-state index is -0.178. The zero-order valence-corrected chi connectivity index (χ0v) is 18.1. The molecular formula is C24H30N2O4. The Morgan fingerprint density at radius 3 is 2.33 bits per heavy atom. The van der Waals surface area contributed by atoms with Crippen molar-refractivity contribution in [1.82, 2.24) is 10.6 Å². The highest BCUT2D eigenvalue weighted by Gasteiger charge is 2.17. The van der Waals surface area contributed by atoms with Gasteiger partial charge in [-0.1, -0.05) is 39.0 Å². The first kappa shape index (κ1) is 21.7. The highest BCUT2D eigenvalue weighted by atomic mass is 16.6. The maximum atomic E-state index is 12.3. The van der Waals surface area contributed by atoms with Crippen molar-refractivity contribution in [3.8, 4) is 11.5 Å². The minimum Gasteiger partial charge on any atom is -0.486 e. The van der Waals surface area contributed by atoms with Crippen LogP contribution in [0.15, 0.2) is 42.5 Å². The number of amides is 2. The highest BCUT2D eigenvalue weighted by molar-refractivity contribution is 5.94. The van der Waals surface area contributed by atoms with Gasteiger partial charge in [0.1, 0.15) is 13.2 Å². The number of fused-ring (bicyclic) bond motifs is 1. The molecule has 2 N–H and O–H groups in total. The summed E-state index contributed by atoms with van der Waals surface area (Å²) < 4.78 is 11.1. The lowest BCUT2D eigenvalue weighted by atomic mass is 9.87. The van der Waals surface area contributed by atoms with E-state index in [1.165, 1.54) is 5.56 Å². The summed E-state index contributed by atoms with van der Waals surface area (Å²) in [5.41, 5.74) is 2.75. The summed E-state index contributed by atoms with van der Waals surface area (Å²) in [6, 6.07) is 13.1. The van der Waals surface area contributed by atoms with Crippen molar-refractivity contribution in [3.05, 3.63) is 59.2 Å². The zero-order valence-electron chi connectivity index (χ0n) is 18.1. The van der Waals surface area contributed by atoms with E-state index in [2.05, 4.69) is 31.4 Å². The van der Waals surface area contributed by atoms with Gasteiger partial charge in [-0.2, -0.15) is 0 Å². The van der Waals surface area contributed by atoms with Gasteiger partial charge in [-0.05, 0) is 47.7 Å². The lowest BCUT2D eigenvalue weighted by Crippen LogP contribution is -2.32. The van der Waals surface area contributed by atoms with Gasteiger partial charge in [0.2, 0.25) is 5.91 Å². The molecule has 1 aliphatic heterocycles. The standard InChI is InChI=1S/C24H30N2O4/c1-16(18-7-10-20-21(15-18)30-14-13-29-20)26-22(27)11-12-25-23(28)17-5-8-19(9-6-17)24(2,3)4/h5-10,15-16H,11-14H2,1-4H3,(H,25,28)(H,26,27)/t16-/m1/s1. The Kier molecular flexibility index (Phi) is 6.65. The predicted molar refractivity (Wildman–Crippen MR) is 116 cm³/mol. The number of hydrogen-bond acceptors (Lipinski definition) is 4. The Labute approximate surface area is 178 Å². The maximum Gasteiger partial charge on any atom is 0.251 e. The highest BCUT2D eigenvalue weighted by Crippen LogP contribution is 2.32. The van der Waals surface area contributed by atoms with Crippen LogP contribution in [0, 0.1) is 0 Å². The molecule has 2 aromatic carbocycles. The van der Waals surface area contributed by atoms with E-state index in [0.717, 1.165) is 11.3 Å². The summed E-state index contributed by atoms with van der Waals surface area (Å²) in [7, 11) is 0. The first-order chi connectivity index (χ1) is 14.2. The van der Waals surface area contributed by atoms with Crippen molar-refractivity contribution in [3.63, 3.8) is 0 Å². The van der Waals surface area contributed by atoms with Gasteiger partial charge in [-0.3, -0.25) is 9.59 Å². The third kappa shape index (κ3) is 5.53. The lowest BCUT2D eigenvalue weighted by molar-refractivity contribution is -0.121. The fourth-order valence-corrected chi connectivity index (χ4v) is 3.24. The maximum absolute atomic E-state index is 12.3. The summed E-state index contributed by atoms with van der Waals surface area (Å²) in [4.78, 5) is 24.6. The number of hydrogen-bond donors (Lipinski definition) is 2. The molecule has 0 saturated heterocycles. The summed E-state index contributed by atoms with van der Waals surface area (Å²) in [6.45, 7) is 9.66. The largest absolute Gasteiger partial charge is 0.486 e. The molecule has 0 aromatic heterocycles. The first-order valence-electron chi connectivity index (χ1n) is 10.3. The van der Waals surface area contributed by atoms with E-state index >= 15 is 0 Å². The molecule has 3 rings (SSSR count). The van der Waals surface area contributed by atoms with E-state index < -0.39 is 0 Å². The number of ether oxygens (including phenoxy) is 2. The molecule has 0 radical (unpaired) electrons. The lowest BCUT2D eigenvalue weighted by Gasteiger charge is -2.21. The van der Waals surface area contributed by atoms with Crippen LogP contribution < -0.4 is 20.1 Å². The number of carbonyl (C=O) groups is 2. The Bertz CT molecular complexity index is 900. The summed E-state index contributed by atoms with van der Waals surface area (Å²) >= 11 is 0. The molecule has 0 unspecified atom stereocenters. The molecule has 0 saturated carbocycles. The second kappa shape index (κ2) is 9.20. The van der Waals surface area contributed by atoms with Crippen LogP contribution in [0.1, 0.15) is 61.6 Å². The van der Waals surface area contributed by atoms with E-state index in [9.17, 15) is 9.59 Å². The van der Waals surface area contributed by atoms with E-state index in [4.69, 9.17) is 9.47 Å². The van der Waals surface area contributed by atoms with Crippen LogP contribution >= 0.6 is 0 Å². The molecule has 2 aromatic rings. The molecule has 6 nitrogen and oxygen atoms in total. The molecule has 0 bridgehead atoms. The number of carbonyl (C=O) groups excluding carboxylic acids is 2. The van der Waals surface area contributed by atoms with E-state index in [1.54, 1.807) is 0 Å². The number of nitrogens with one attached hydrogen (secondary N) is 2. The predicted octanol–water partition coefficient (Wildman–Crippen LogP) is 3.75. The Morgan fingerprint density at radius 1 is 1.00 bits per heavy atom. The van der Waals surface area contributed by atoms with Gasteiger partial charge in [0.05, 0.1) is 6.04 Å². The Hall–Kier alpha value is -3.02. The van der Waals surface area contributed by atoms with Crippen molar-refractivity contribution in [2.24, 2.45) is 0 Å². The molecule has 160 valence electrons. The SMILES string of the molecule is C[C@@H](NC(=O)CCNC(=O)c1ccc(C(C)(C)C)cc1)c1ccc2c(c1)OCCO2. The van der Waals surface area contributed by atoms with Crippen LogP contribution in [0.4, 0.5) is 0 Å². The third-order valence-corrected chi connectivity index (χ3v) is 5.09. The second-order valence-corrected chi connectivity index (χ2v) is 8.53. The monoisotopic (exact) mass is 410 g/mol. The van der Waals surface area contributed by atoms with Gasteiger partial charge in [0.25, 0.3) is 5.91 Å². The van der Waals surface area contributed by atoms with E-state index in [0.29, 0.717) is 24.5 Å². The second-order valence-electron chi connectivity index (χ2n) is 8.53. The van der Waals surface area contributed by atoms with Crippen LogP contribution in [0.2, 0.25) is 0 Å². The third-order valence-electron chi connectivity index (χ3n) is 5.09. The van der Waals surface area contributed by atoms with E-state index in [-0.39, 0.29) is 36.2 Å². The molecule has 1 atom stereocenters. The van der Waals surface area contributed by atoms with Crippen molar-refractivity contribution in [2.45, 2.75) is 45.6 Å². The quantitative estimate of drug-likeness (QED) is 0.760. The first-order valence-corrected chi connectivity index (χ1v) is 10.3. The van der Waals surface area contributed by atoms with Gasteiger partial charge in [-0.25, -0.2) is 0 Å². The van der Waals surface area contributed by atoms with Crippen molar-refractivity contribution in [1.29, 1.82) is 0 Å². The molecule has 1 aliphatic rings. The fraction of sp³-hybridized carbons (Fsp3) is 0.417. The molecule has 6 heteroatoms. The molecular weight excluding hydrogens is 380 g/mol. The fourth-order valence-electron chi connectivity index (χ4n) is 3.24. The smallest absolute Gasteiger partial charge is 0.251 e. The van der Waals surface area contributed by atoms with Crippen LogP contribution in [0.3, 0.4) is 0 Å². The minimum absolute atomic E-state index is 0.0426. The van der Waals surface area contributed by atoms with Gasteiger partial charge in [0, 0.05) is 18.5 Å². The van der Waals surface area contributed by atoms with Crippen molar-refractivity contribution >= 4 is 11.8 Å². The molecule has 30 heavy (non-hydrogen) atoms. The van der Waals surface area contributed by atoms with Crippen LogP contribution in [0.5, 0.6) is 11.5 Å².